The van der Waals surface area contributed by atoms with Crippen molar-refractivity contribution in [2.45, 2.75) is 13.8 Å². The molecule has 1 amide bonds. The number of nitrogens with zero attached hydrogens (tertiary/aromatic N) is 1. The third-order valence-corrected chi connectivity index (χ3v) is 5.63. The number of carbonyl (C=O) groups is 1. The number of para-hydroxylation sites is 1. The Morgan fingerprint density at radius 1 is 1.08 bits per heavy atom. The van der Waals surface area contributed by atoms with Crippen LogP contribution in [0.1, 0.15) is 16.7 Å². The van der Waals surface area contributed by atoms with E-state index in [-0.39, 0.29) is 5.91 Å². The fourth-order valence-corrected chi connectivity index (χ4v) is 4.10. The number of ether oxygens (including phenoxy) is 2. The lowest BCUT2D eigenvalue weighted by atomic mass is 10.1. The van der Waals surface area contributed by atoms with E-state index in [1.54, 1.807) is 25.2 Å². The monoisotopic (exact) mass is 385 g/mol. The van der Waals surface area contributed by atoms with Crippen LogP contribution < -0.4 is 14.4 Å². The molecule has 1 heterocycles. The Labute approximate surface area is 162 Å². The van der Waals surface area contributed by atoms with Crippen LogP contribution in [-0.4, -0.2) is 24.4 Å². The molecule has 0 unspecified atom stereocenters. The zero-order valence-corrected chi connectivity index (χ0v) is 16.7. The number of benzene rings is 2. The molecule has 0 aliphatic carbocycles. The molecule has 3 rings (SSSR count). The van der Waals surface area contributed by atoms with E-state index in [1.807, 2.05) is 50.2 Å². The lowest BCUT2D eigenvalue weighted by Crippen LogP contribution is -2.28. The highest BCUT2D eigenvalue weighted by molar-refractivity contribution is 8.27. The first-order chi connectivity index (χ1) is 12.5. The van der Waals surface area contributed by atoms with Crippen LogP contribution in [0.15, 0.2) is 41.3 Å². The van der Waals surface area contributed by atoms with Crippen molar-refractivity contribution in [3.05, 3.63) is 58.0 Å². The summed E-state index contributed by atoms with van der Waals surface area (Å²) in [6.07, 6.45) is 1.80. The molecule has 1 aliphatic rings. The van der Waals surface area contributed by atoms with Gasteiger partial charge in [0.05, 0.1) is 24.8 Å². The van der Waals surface area contributed by atoms with Crippen molar-refractivity contribution in [2.24, 2.45) is 0 Å². The molecule has 0 aromatic heterocycles. The lowest BCUT2D eigenvalue weighted by molar-refractivity contribution is -0.113. The maximum absolute atomic E-state index is 13.0. The number of anilines is 1. The minimum Gasteiger partial charge on any atom is -0.493 e. The molecule has 0 N–H and O–H groups in total. The van der Waals surface area contributed by atoms with E-state index in [2.05, 4.69) is 0 Å². The van der Waals surface area contributed by atoms with Crippen LogP contribution in [0.5, 0.6) is 11.5 Å². The molecular formula is C20H19NO3S2. The number of amides is 1. The molecule has 0 radical (unpaired) electrons. The Morgan fingerprint density at radius 2 is 1.81 bits per heavy atom. The minimum atomic E-state index is -0.126. The summed E-state index contributed by atoms with van der Waals surface area (Å²) in [6.45, 7) is 4.02. The molecule has 0 saturated carbocycles. The Kier molecular flexibility index (Phi) is 5.34. The molecule has 2 aromatic carbocycles. The fourth-order valence-electron chi connectivity index (χ4n) is 2.82. The number of rotatable bonds is 4. The first-order valence-electron chi connectivity index (χ1n) is 8.03. The van der Waals surface area contributed by atoms with Crippen LogP contribution in [0.2, 0.25) is 0 Å². The van der Waals surface area contributed by atoms with Gasteiger partial charge in [-0.2, -0.15) is 0 Å². The average Bonchev–Trinajstić information content (AvgIpc) is 2.91. The molecule has 0 spiro atoms. The number of thioether (sulfide) groups is 1. The molecule has 1 fully saturated rings. The van der Waals surface area contributed by atoms with Crippen molar-refractivity contribution in [3.8, 4) is 11.5 Å². The maximum atomic E-state index is 13.0. The quantitative estimate of drug-likeness (QED) is 0.562. The van der Waals surface area contributed by atoms with E-state index < -0.39 is 0 Å². The van der Waals surface area contributed by atoms with Gasteiger partial charge in [0.1, 0.15) is 0 Å². The van der Waals surface area contributed by atoms with E-state index in [9.17, 15) is 4.79 Å². The van der Waals surface area contributed by atoms with Gasteiger partial charge in [-0.1, -0.05) is 48.2 Å². The average molecular weight is 386 g/mol. The number of hydrogen-bond donors (Lipinski definition) is 0. The van der Waals surface area contributed by atoms with Crippen LogP contribution in [-0.2, 0) is 4.79 Å². The number of methoxy groups -OCH3 is 2. The summed E-state index contributed by atoms with van der Waals surface area (Å²) in [5, 5.41) is 0. The van der Waals surface area contributed by atoms with E-state index in [4.69, 9.17) is 21.7 Å². The first kappa shape index (κ1) is 18.5. The van der Waals surface area contributed by atoms with E-state index >= 15 is 0 Å². The van der Waals surface area contributed by atoms with Gasteiger partial charge in [-0.05, 0) is 43.2 Å². The molecular weight excluding hydrogens is 366 g/mol. The minimum absolute atomic E-state index is 0.126. The zero-order valence-electron chi connectivity index (χ0n) is 15.0. The predicted molar refractivity (Wildman–Crippen MR) is 111 cm³/mol. The largest absolute Gasteiger partial charge is 0.493 e. The van der Waals surface area contributed by atoms with E-state index in [1.165, 1.54) is 11.8 Å². The van der Waals surface area contributed by atoms with E-state index in [0.717, 1.165) is 22.4 Å². The fraction of sp³-hybridized carbons (Fsp3) is 0.200. The van der Waals surface area contributed by atoms with Crippen LogP contribution in [0.25, 0.3) is 6.08 Å². The summed E-state index contributed by atoms with van der Waals surface area (Å²) in [5.41, 5.74) is 3.76. The number of thiocarbonyl (C=S) groups is 1. The summed E-state index contributed by atoms with van der Waals surface area (Å²) in [4.78, 5) is 15.2. The maximum Gasteiger partial charge on any atom is 0.270 e. The topological polar surface area (TPSA) is 38.8 Å². The van der Waals surface area contributed by atoms with Gasteiger partial charge in [0, 0.05) is 5.56 Å². The molecule has 0 bridgehead atoms. The SMILES string of the molecule is COc1cccc(C=C2SC(=S)N(c3cccc(C)c3C)C2=O)c1OC. The number of aryl methyl sites for hydroxylation is 1. The Hall–Kier alpha value is -2.31. The van der Waals surface area contributed by atoms with Gasteiger partial charge < -0.3 is 9.47 Å². The highest BCUT2D eigenvalue weighted by Gasteiger charge is 2.34. The Morgan fingerprint density at radius 3 is 2.50 bits per heavy atom. The van der Waals surface area contributed by atoms with Crippen LogP contribution in [0, 0.1) is 13.8 Å². The van der Waals surface area contributed by atoms with Gasteiger partial charge in [0.2, 0.25) is 0 Å². The second-order valence-corrected chi connectivity index (χ2v) is 7.49. The van der Waals surface area contributed by atoms with Crippen molar-refractivity contribution in [3.63, 3.8) is 0 Å². The van der Waals surface area contributed by atoms with Gasteiger partial charge in [-0.25, -0.2) is 0 Å². The van der Waals surface area contributed by atoms with Crippen molar-refractivity contribution in [2.75, 3.05) is 19.1 Å². The number of carbonyl (C=O) groups excluding carboxylic acids is 1. The van der Waals surface area contributed by atoms with E-state index in [0.29, 0.717) is 20.7 Å². The third-order valence-electron chi connectivity index (χ3n) is 4.33. The van der Waals surface area contributed by atoms with Gasteiger partial charge in [-0.3, -0.25) is 9.69 Å². The van der Waals surface area contributed by atoms with Crippen LogP contribution >= 0.6 is 24.0 Å². The second kappa shape index (κ2) is 7.51. The third kappa shape index (κ3) is 3.22. The summed E-state index contributed by atoms with van der Waals surface area (Å²) in [5.74, 6) is 1.08. The molecule has 2 aromatic rings. The predicted octanol–water partition coefficient (Wildman–Crippen LogP) is 4.73. The second-order valence-electron chi connectivity index (χ2n) is 5.82. The van der Waals surface area contributed by atoms with Crippen molar-refractivity contribution in [1.82, 2.24) is 0 Å². The van der Waals surface area contributed by atoms with Crippen LogP contribution in [0.3, 0.4) is 0 Å². The van der Waals surface area contributed by atoms with Crippen LogP contribution in [0.4, 0.5) is 5.69 Å². The Bertz CT molecular complexity index is 921. The Balaban J connectivity index is 2.02. The molecule has 4 nitrogen and oxygen atoms in total. The molecule has 1 aliphatic heterocycles. The van der Waals surface area contributed by atoms with Crippen molar-refractivity contribution in [1.29, 1.82) is 0 Å². The lowest BCUT2D eigenvalue weighted by Gasteiger charge is -2.18. The van der Waals surface area contributed by atoms with Gasteiger partial charge in [0.15, 0.2) is 15.8 Å². The smallest absolute Gasteiger partial charge is 0.270 e. The van der Waals surface area contributed by atoms with Gasteiger partial charge in [-0.15, -0.1) is 0 Å². The summed E-state index contributed by atoms with van der Waals surface area (Å²) in [7, 11) is 3.16. The molecule has 134 valence electrons. The summed E-state index contributed by atoms with van der Waals surface area (Å²) >= 11 is 6.77. The van der Waals surface area contributed by atoms with Gasteiger partial charge in [0.25, 0.3) is 5.91 Å². The molecule has 6 heteroatoms. The summed E-state index contributed by atoms with van der Waals surface area (Å²) < 4.78 is 11.3. The highest BCUT2D eigenvalue weighted by Crippen LogP contribution is 2.40. The summed E-state index contributed by atoms with van der Waals surface area (Å²) in [6, 6.07) is 11.4. The van der Waals surface area contributed by atoms with Crippen molar-refractivity contribution >= 4 is 46.0 Å². The molecule has 0 atom stereocenters. The highest BCUT2D eigenvalue weighted by atomic mass is 32.2. The van der Waals surface area contributed by atoms with Gasteiger partial charge >= 0.3 is 0 Å². The van der Waals surface area contributed by atoms with Crippen molar-refractivity contribution < 1.29 is 14.3 Å². The molecule has 26 heavy (non-hydrogen) atoms. The standard InChI is InChI=1S/C20H19NO3S2/c1-12-7-5-9-15(13(12)2)21-19(22)17(26-20(21)25)11-14-8-6-10-16(23-3)18(14)24-4/h5-11H,1-4H3. The molecule has 1 saturated heterocycles. The number of hydrogen-bond acceptors (Lipinski definition) is 5. The normalized spacial score (nSPS) is 15.7. The first-order valence-corrected chi connectivity index (χ1v) is 9.25. The zero-order chi connectivity index (χ0) is 18.8.